The summed E-state index contributed by atoms with van der Waals surface area (Å²) in [6, 6.07) is 0. The molecule has 0 radical (unpaired) electrons. The van der Waals surface area contributed by atoms with E-state index >= 15 is 0 Å². The highest BCUT2D eigenvalue weighted by atomic mass is 19.1. The first-order chi connectivity index (χ1) is 9.01. The van der Waals surface area contributed by atoms with E-state index in [4.69, 9.17) is 26.7 Å². The molecule has 0 bridgehead atoms. The van der Waals surface area contributed by atoms with Crippen LogP contribution in [0.3, 0.4) is 0 Å². The van der Waals surface area contributed by atoms with E-state index in [1.165, 1.54) is 6.20 Å². The molecule has 2 rings (SSSR count). The van der Waals surface area contributed by atoms with Crippen LogP contribution < -0.4 is 11.5 Å². The Morgan fingerprint density at radius 3 is 3.00 bits per heavy atom. The average molecular weight is 270 g/mol. The number of aromatic amines is 1. The lowest BCUT2D eigenvalue weighted by atomic mass is 10.1. The summed E-state index contributed by atoms with van der Waals surface area (Å²) in [5.74, 6) is -0.324. The van der Waals surface area contributed by atoms with Gasteiger partial charge in [-0.1, -0.05) is 0 Å². The first-order valence-electron chi connectivity index (χ1n) is 5.65. The van der Waals surface area contributed by atoms with E-state index in [0.717, 1.165) is 0 Å². The van der Waals surface area contributed by atoms with Crippen LogP contribution in [0.5, 0.6) is 0 Å². The number of aromatic nitrogens is 2. The van der Waals surface area contributed by atoms with Gasteiger partial charge in [0.25, 0.3) is 0 Å². The van der Waals surface area contributed by atoms with Crippen LogP contribution in [0.25, 0.3) is 0 Å². The largest absolute Gasteiger partial charge is 0.394 e. The fourth-order valence-electron chi connectivity index (χ4n) is 1.90. The Bertz CT molecular complexity index is 502. The van der Waals surface area contributed by atoms with Gasteiger partial charge < -0.3 is 26.3 Å². The molecule has 1 aromatic heterocycles. The molecule has 8 nitrogen and oxygen atoms in total. The molecule has 1 aromatic rings. The molecule has 9 heteroatoms. The molecule has 0 aliphatic carbocycles. The van der Waals surface area contributed by atoms with Gasteiger partial charge in [0.15, 0.2) is 11.7 Å². The Morgan fingerprint density at radius 1 is 1.68 bits per heavy atom. The van der Waals surface area contributed by atoms with Gasteiger partial charge in [0.2, 0.25) is 5.96 Å². The first kappa shape index (κ1) is 13.4. The standard InChI is InChI=1S/C10H15FN6O2/c11-5-1-4(3-18)19-7(5)6-2-15-9(16-6)8(12)17-10(13)14/h2,4-5,7,18H,1,3H2,(H,15,16)(H5,12,13,14,17)/t4-,5+,7?/m0/s1. The van der Waals surface area contributed by atoms with Crippen LogP contribution in [0.1, 0.15) is 24.0 Å². The number of alkyl halides is 1. The van der Waals surface area contributed by atoms with Crippen molar-refractivity contribution in [3.05, 3.63) is 17.7 Å². The molecule has 1 aliphatic heterocycles. The molecular formula is C10H15FN6O2. The van der Waals surface area contributed by atoms with Crippen LogP contribution in [0, 0.1) is 5.41 Å². The number of nitrogens with two attached hydrogens (primary N) is 2. The van der Waals surface area contributed by atoms with Crippen molar-refractivity contribution < 1.29 is 14.2 Å². The molecule has 0 amide bonds. The van der Waals surface area contributed by atoms with Gasteiger partial charge in [-0.25, -0.2) is 9.37 Å². The highest BCUT2D eigenvalue weighted by Gasteiger charge is 2.37. The molecule has 7 N–H and O–H groups in total. The highest BCUT2D eigenvalue weighted by molar-refractivity contribution is 6.01. The summed E-state index contributed by atoms with van der Waals surface area (Å²) in [7, 11) is 0. The van der Waals surface area contributed by atoms with E-state index in [-0.39, 0.29) is 24.7 Å². The van der Waals surface area contributed by atoms with Crippen molar-refractivity contribution in [2.24, 2.45) is 16.5 Å². The zero-order valence-electron chi connectivity index (χ0n) is 10.0. The van der Waals surface area contributed by atoms with Gasteiger partial charge in [0.05, 0.1) is 24.6 Å². The second-order valence-electron chi connectivity index (χ2n) is 4.18. The van der Waals surface area contributed by atoms with Gasteiger partial charge in [-0.2, -0.15) is 4.99 Å². The number of amidine groups is 1. The van der Waals surface area contributed by atoms with Crippen molar-refractivity contribution in [3.63, 3.8) is 0 Å². The van der Waals surface area contributed by atoms with Crippen LogP contribution in [-0.2, 0) is 4.74 Å². The number of nitrogens with zero attached hydrogens (tertiary/aromatic N) is 2. The van der Waals surface area contributed by atoms with E-state index in [9.17, 15) is 4.39 Å². The Kier molecular flexibility index (Phi) is 3.76. The number of nitrogens with one attached hydrogen (secondary N) is 2. The second-order valence-corrected chi connectivity index (χ2v) is 4.18. The summed E-state index contributed by atoms with van der Waals surface area (Å²) in [5, 5.41) is 15.9. The van der Waals surface area contributed by atoms with Gasteiger partial charge in [-0.15, -0.1) is 0 Å². The first-order valence-corrected chi connectivity index (χ1v) is 5.65. The van der Waals surface area contributed by atoms with Crippen molar-refractivity contribution in [3.8, 4) is 0 Å². The van der Waals surface area contributed by atoms with E-state index in [1.807, 2.05) is 0 Å². The van der Waals surface area contributed by atoms with Crippen molar-refractivity contribution in [1.29, 1.82) is 5.41 Å². The van der Waals surface area contributed by atoms with Crippen LogP contribution in [0.2, 0.25) is 0 Å². The fourth-order valence-corrected chi connectivity index (χ4v) is 1.90. The van der Waals surface area contributed by atoms with Gasteiger partial charge in [0.1, 0.15) is 12.3 Å². The number of halogens is 1. The number of ether oxygens (including phenoxy) is 1. The number of H-pyrrole nitrogens is 1. The number of rotatable bonds is 3. The topological polar surface area (TPSA) is 146 Å². The van der Waals surface area contributed by atoms with Crippen LogP contribution in [-0.4, -0.2) is 45.8 Å². The lowest BCUT2D eigenvalue weighted by Crippen LogP contribution is -2.20. The van der Waals surface area contributed by atoms with Crippen LogP contribution >= 0.6 is 0 Å². The monoisotopic (exact) mass is 270 g/mol. The molecule has 3 atom stereocenters. The van der Waals surface area contributed by atoms with Gasteiger partial charge >= 0.3 is 0 Å². The molecular weight excluding hydrogens is 255 g/mol. The van der Waals surface area contributed by atoms with Gasteiger partial charge in [0, 0.05) is 6.42 Å². The molecule has 2 heterocycles. The number of imidazole rings is 1. The number of aliphatic hydroxyl groups excluding tert-OH is 1. The zero-order valence-corrected chi connectivity index (χ0v) is 10.0. The van der Waals surface area contributed by atoms with Crippen molar-refractivity contribution in [2.45, 2.75) is 24.8 Å². The minimum Gasteiger partial charge on any atom is -0.394 e. The zero-order chi connectivity index (χ0) is 14.0. The summed E-state index contributed by atoms with van der Waals surface area (Å²) < 4.78 is 19.1. The van der Waals surface area contributed by atoms with Gasteiger partial charge in [-0.3, -0.25) is 5.41 Å². The molecule has 1 aliphatic rings. The molecule has 104 valence electrons. The fraction of sp³-hybridized carbons (Fsp3) is 0.500. The van der Waals surface area contributed by atoms with Crippen LogP contribution in [0.4, 0.5) is 4.39 Å². The maximum atomic E-state index is 13.7. The molecule has 1 fully saturated rings. The summed E-state index contributed by atoms with van der Waals surface area (Å²) >= 11 is 0. The third kappa shape index (κ3) is 2.88. The van der Waals surface area contributed by atoms with Crippen molar-refractivity contribution >= 4 is 11.8 Å². The molecule has 1 saturated heterocycles. The maximum absolute atomic E-state index is 13.7. The SMILES string of the molecule is N=C(N)N=C(N)c1ncc(C2O[C@H](CO)C[C@H]2F)[nH]1. The number of guanidine groups is 1. The van der Waals surface area contributed by atoms with E-state index in [0.29, 0.717) is 5.69 Å². The quantitative estimate of drug-likeness (QED) is 0.359. The van der Waals surface area contributed by atoms with Crippen molar-refractivity contribution in [2.75, 3.05) is 6.61 Å². The number of aliphatic imine (C=N–C) groups is 1. The second kappa shape index (κ2) is 5.33. The Hall–Kier alpha value is -2.00. The maximum Gasteiger partial charge on any atom is 0.214 e. The highest BCUT2D eigenvalue weighted by Crippen LogP contribution is 2.34. The molecule has 0 spiro atoms. The number of hydrogen-bond donors (Lipinski definition) is 5. The summed E-state index contributed by atoms with van der Waals surface area (Å²) in [4.78, 5) is 10.2. The molecule has 0 aromatic carbocycles. The molecule has 0 saturated carbocycles. The predicted molar refractivity (Wildman–Crippen MR) is 65.4 cm³/mol. The molecule has 19 heavy (non-hydrogen) atoms. The van der Waals surface area contributed by atoms with E-state index in [1.54, 1.807) is 0 Å². The normalized spacial score (nSPS) is 27.7. The van der Waals surface area contributed by atoms with Crippen molar-refractivity contribution in [1.82, 2.24) is 9.97 Å². The third-order valence-corrected chi connectivity index (χ3v) is 2.74. The minimum absolute atomic E-state index is 0.0640. The predicted octanol–water partition coefficient (Wildman–Crippen LogP) is -0.831. The third-order valence-electron chi connectivity index (χ3n) is 2.74. The molecule has 1 unspecified atom stereocenters. The Balaban J connectivity index is 2.15. The van der Waals surface area contributed by atoms with E-state index in [2.05, 4.69) is 15.0 Å². The summed E-state index contributed by atoms with van der Waals surface area (Å²) in [5.41, 5.74) is 11.0. The summed E-state index contributed by atoms with van der Waals surface area (Å²) in [6.45, 7) is -0.230. The van der Waals surface area contributed by atoms with Crippen LogP contribution in [0.15, 0.2) is 11.2 Å². The smallest absolute Gasteiger partial charge is 0.214 e. The van der Waals surface area contributed by atoms with E-state index < -0.39 is 24.3 Å². The van der Waals surface area contributed by atoms with Gasteiger partial charge in [-0.05, 0) is 0 Å². The number of aliphatic hydroxyl groups is 1. The lowest BCUT2D eigenvalue weighted by molar-refractivity contribution is -0.00105. The minimum atomic E-state index is -1.23. The Morgan fingerprint density at radius 2 is 2.42 bits per heavy atom. The Labute approximate surface area is 108 Å². The lowest BCUT2D eigenvalue weighted by Gasteiger charge is -2.10. The number of hydrogen-bond acceptors (Lipinski definition) is 4. The average Bonchev–Trinajstić information content (AvgIpc) is 2.94. The summed E-state index contributed by atoms with van der Waals surface area (Å²) in [6.07, 6.45) is -1.04.